The van der Waals surface area contributed by atoms with Gasteiger partial charge in [-0.2, -0.15) is 0 Å². The van der Waals surface area contributed by atoms with Gasteiger partial charge in [0.1, 0.15) is 5.60 Å². The largest absolute Gasteiger partial charge is 0.443 e. The number of amides is 2. The molecule has 1 aliphatic rings. The highest BCUT2D eigenvalue weighted by atomic mass is 16.6. The first-order valence-corrected chi connectivity index (χ1v) is 6.12. The maximum Gasteiger partial charge on any atom is 0.417 e. The minimum absolute atomic E-state index is 0.246. The summed E-state index contributed by atoms with van der Waals surface area (Å²) in [7, 11) is 3.71. The van der Waals surface area contributed by atoms with Crippen LogP contribution in [0.3, 0.4) is 0 Å². The molecule has 1 rings (SSSR count). The summed E-state index contributed by atoms with van der Waals surface area (Å²) in [6.45, 7) is 5.79. The van der Waals surface area contributed by atoms with Crippen LogP contribution in [-0.4, -0.2) is 48.0 Å². The lowest BCUT2D eigenvalue weighted by Gasteiger charge is -2.29. The lowest BCUT2D eigenvalue weighted by atomic mass is 10.1. The van der Waals surface area contributed by atoms with Crippen LogP contribution >= 0.6 is 0 Å². The summed E-state index contributed by atoms with van der Waals surface area (Å²) in [6.07, 6.45) is 2.69. The van der Waals surface area contributed by atoms with E-state index in [0.29, 0.717) is 18.5 Å². The lowest BCUT2D eigenvalue weighted by molar-refractivity contribution is -0.127. The maximum absolute atomic E-state index is 12.1. The number of likely N-dealkylation sites (tertiary alicyclic amines) is 1. The Morgan fingerprint density at radius 3 is 2.50 bits per heavy atom. The average molecular weight is 254 g/mol. The molecule has 5 nitrogen and oxygen atoms in total. The maximum atomic E-state index is 12.1. The molecule has 0 N–H and O–H groups in total. The zero-order chi connectivity index (χ0) is 13.9. The second-order valence-electron chi connectivity index (χ2n) is 5.66. The van der Waals surface area contributed by atoms with Crippen molar-refractivity contribution in [1.29, 1.82) is 0 Å². The average Bonchev–Trinajstić information content (AvgIpc) is 2.17. The molecule has 1 aliphatic heterocycles. The smallest absolute Gasteiger partial charge is 0.417 e. The van der Waals surface area contributed by atoms with Crippen molar-refractivity contribution in [2.45, 2.75) is 39.2 Å². The number of piperidine rings is 1. The fourth-order valence-corrected chi connectivity index (χ4v) is 1.73. The Morgan fingerprint density at radius 1 is 1.39 bits per heavy atom. The molecule has 0 atom stereocenters. The van der Waals surface area contributed by atoms with E-state index in [0.717, 1.165) is 6.42 Å². The van der Waals surface area contributed by atoms with Crippen LogP contribution in [0.4, 0.5) is 4.79 Å². The highest BCUT2D eigenvalue weighted by Gasteiger charge is 2.31. The fourth-order valence-electron chi connectivity index (χ4n) is 1.73. The quantitative estimate of drug-likeness (QED) is 0.671. The van der Waals surface area contributed by atoms with Crippen molar-refractivity contribution in [3.8, 4) is 0 Å². The van der Waals surface area contributed by atoms with E-state index < -0.39 is 11.7 Å². The first-order valence-electron chi connectivity index (χ1n) is 6.12. The summed E-state index contributed by atoms with van der Waals surface area (Å²) in [4.78, 5) is 27.0. The van der Waals surface area contributed by atoms with Crippen molar-refractivity contribution in [3.63, 3.8) is 0 Å². The second-order valence-corrected chi connectivity index (χ2v) is 5.66. The highest BCUT2D eigenvalue weighted by Crippen LogP contribution is 2.20. The summed E-state index contributed by atoms with van der Waals surface area (Å²) in [5, 5.41) is 0. The molecule has 1 heterocycles. The van der Waals surface area contributed by atoms with Crippen LogP contribution in [0.1, 0.15) is 33.6 Å². The van der Waals surface area contributed by atoms with Crippen molar-refractivity contribution >= 4 is 12.0 Å². The monoisotopic (exact) mass is 254 g/mol. The summed E-state index contributed by atoms with van der Waals surface area (Å²) in [6, 6.07) is 0. The van der Waals surface area contributed by atoms with Gasteiger partial charge in [-0.1, -0.05) is 0 Å². The Bertz CT molecular complexity index is 367. The minimum Gasteiger partial charge on any atom is -0.443 e. The van der Waals surface area contributed by atoms with Crippen LogP contribution < -0.4 is 0 Å². The van der Waals surface area contributed by atoms with Gasteiger partial charge in [-0.3, -0.25) is 4.79 Å². The molecule has 5 heteroatoms. The van der Waals surface area contributed by atoms with Gasteiger partial charge in [-0.25, -0.2) is 9.69 Å². The number of carbonyl (C=O) groups excluding carboxylic acids is 2. The van der Waals surface area contributed by atoms with Crippen LogP contribution in [0.5, 0.6) is 0 Å². The van der Waals surface area contributed by atoms with Crippen molar-refractivity contribution < 1.29 is 14.3 Å². The molecule has 0 aromatic rings. The molecule has 0 aromatic heterocycles. The first kappa shape index (κ1) is 14.5. The molecule has 0 aromatic carbocycles. The zero-order valence-corrected chi connectivity index (χ0v) is 11.8. The zero-order valence-electron chi connectivity index (χ0n) is 11.8. The third kappa shape index (κ3) is 4.05. The van der Waals surface area contributed by atoms with Crippen LogP contribution in [-0.2, 0) is 9.53 Å². The molecule has 0 aliphatic carbocycles. The van der Waals surface area contributed by atoms with Crippen LogP contribution in [0.25, 0.3) is 0 Å². The van der Waals surface area contributed by atoms with Crippen LogP contribution in [0.15, 0.2) is 11.8 Å². The molecule has 0 radical (unpaired) electrons. The van der Waals surface area contributed by atoms with Crippen molar-refractivity contribution in [1.82, 2.24) is 9.80 Å². The third-order valence-corrected chi connectivity index (χ3v) is 2.38. The third-order valence-electron chi connectivity index (χ3n) is 2.38. The number of hydrogen-bond acceptors (Lipinski definition) is 4. The molecule has 0 spiro atoms. The van der Waals surface area contributed by atoms with E-state index in [9.17, 15) is 9.59 Å². The Balaban J connectivity index is 2.78. The van der Waals surface area contributed by atoms with Crippen LogP contribution in [0, 0.1) is 0 Å². The molecule has 1 fully saturated rings. The predicted octanol–water partition coefficient (Wildman–Crippen LogP) is 1.99. The molecule has 1 saturated heterocycles. The first-order chi connectivity index (χ1) is 8.20. The molecule has 0 saturated carbocycles. The molecular weight excluding hydrogens is 232 g/mol. The van der Waals surface area contributed by atoms with E-state index in [1.165, 1.54) is 4.90 Å². The molecule has 102 valence electrons. The van der Waals surface area contributed by atoms with E-state index in [2.05, 4.69) is 0 Å². The summed E-state index contributed by atoms with van der Waals surface area (Å²) in [5.41, 5.74) is 0.0670. The van der Waals surface area contributed by atoms with Crippen molar-refractivity contribution in [2.24, 2.45) is 0 Å². The van der Waals surface area contributed by atoms with Gasteiger partial charge in [0.05, 0.1) is 0 Å². The Hall–Kier alpha value is -1.52. The van der Waals surface area contributed by atoms with Gasteiger partial charge in [0.25, 0.3) is 5.91 Å². The Labute approximate surface area is 108 Å². The molecular formula is C13H22N2O3. The minimum atomic E-state index is -0.583. The number of nitrogens with zero attached hydrogens (tertiary/aromatic N) is 2. The van der Waals surface area contributed by atoms with E-state index in [1.807, 2.05) is 19.0 Å². The normalized spacial score (nSPS) is 19.1. The van der Waals surface area contributed by atoms with Gasteiger partial charge < -0.3 is 9.64 Å². The second kappa shape index (κ2) is 5.42. The number of hydrogen-bond donors (Lipinski definition) is 0. The fraction of sp³-hybridized carbons (Fsp3) is 0.692. The SMILES string of the molecule is CN(C)/C=C1\CCCN(C(=O)OC(C)(C)C)C1=O. The number of rotatable bonds is 1. The van der Waals surface area contributed by atoms with E-state index >= 15 is 0 Å². The van der Waals surface area contributed by atoms with Gasteiger partial charge in [0, 0.05) is 32.4 Å². The molecule has 0 bridgehead atoms. The van der Waals surface area contributed by atoms with Crippen molar-refractivity contribution in [2.75, 3.05) is 20.6 Å². The highest BCUT2D eigenvalue weighted by molar-refractivity contribution is 6.03. The van der Waals surface area contributed by atoms with Gasteiger partial charge in [0.2, 0.25) is 0 Å². The molecule has 0 unspecified atom stereocenters. The number of carbonyl (C=O) groups is 2. The number of imide groups is 1. The summed E-state index contributed by atoms with van der Waals surface area (Å²) in [5.74, 6) is -0.246. The molecule has 18 heavy (non-hydrogen) atoms. The lowest BCUT2D eigenvalue weighted by Crippen LogP contribution is -2.44. The standard InChI is InChI=1S/C13H22N2O3/c1-13(2,3)18-12(17)15-8-6-7-10(11(15)16)9-14(4)5/h9H,6-8H2,1-5H3/b10-9+. The number of ether oxygens (including phenoxy) is 1. The summed E-state index contributed by atoms with van der Waals surface area (Å²) >= 11 is 0. The van der Waals surface area contributed by atoms with E-state index in [-0.39, 0.29) is 5.91 Å². The van der Waals surface area contributed by atoms with E-state index in [1.54, 1.807) is 27.0 Å². The van der Waals surface area contributed by atoms with Crippen LogP contribution in [0.2, 0.25) is 0 Å². The Morgan fingerprint density at radius 2 is 2.00 bits per heavy atom. The van der Waals surface area contributed by atoms with Gasteiger partial charge >= 0.3 is 6.09 Å². The Kier molecular flexibility index (Phi) is 4.38. The summed E-state index contributed by atoms with van der Waals surface area (Å²) < 4.78 is 5.23. The topological polar surface area (TPSA) is 49.9 Å². The van der Waals surface area contributed by atoms with Gasteiger partial charge in [-0.15, -0.1) is 0 Å². The van der Waals surface area contributed by atoms with Gasteiger partial charge in [-0.05, 0) is 33.6 Å². The van der Waals surface area contributed by atoms with E-state index in [4.69, 9.17) is 4.74 Å². The van der Waals surface area contributed by atoms with Crippen molar-refractivity contribution in [3.05, 3.63) is 11.8 Å². The predicted molar refractivity (Wildman–Crippen MR) is 69.0 cm³/mol. The van der Waals surface area contributed by atoms with Gasteiger partial charge in [0.15, 0.2) is 0 Å². The molecule has 2 amide bonds.